The Kier molecular flexibility index (Phi) is 5.56. The number of benzene rings is 2. The lowest BCUT2D eigenvalue weighted by Gasteiger charge is -2.13. The van der Waals surface area contributed by atoms with Crippen LogP contribution in [-0.4, -0.2) is 25.9 Å². The second kappa shape index (κ2) is 8.23. The molecule has 0 saturated heterocycles. The van der Waals surface area contributed by atoms with Crippen molar-refractivity contribution in [3.63, 3.8) is 0 Å². The largest absolute Gasteiger partial charge is 0.459 e. The first-order valence-corrected chi connectivity index (χ1v) is 8.52. The average Bonchev–Trinajstić information content (AvgIpc) is 3.21. The van der Waals surface area contributed by atoms with Crippen molar-refractivity contribution in [2.24, 2.45) is 0 Å². The summed E-state index contributed by atoms with van der Waals surface area (Å²) in [6, 6.07) is 18.0. The minimum absolute atomic E-state index is 0.148. The smallest absolute Gasteiger partial charge is 0.291 e. The maximum absolute atomic E-state index is 12.3. The van der Waals surface area contributed by atoms with Crippen molar-refractivity contribution in [3.8, 4) is 0 Å². The normalized spacial score (nSPS) is 10.3. The Hall–Kier alpha value is -3.54. The first-order chi connectivity index (χ1) is 13.0. The molecule has 6 nitrogen and oxygen atoms in total. The van der Waals surface area contributed by atoms with Crippen LogP contribution in [0.5, 0.6) is 0 Å². The number of rotatable bonds is 6. The number of furan rings is 1. The van der Waals surface area contributed by atoms with Crippen LogP contribution in [0.3, 0.4) is 0 Å². The zero-order chi connectivity index (χ0) is 19.2. The number of hydrogen-bond acceptors (Lipinski definition) is 4. The van der Waals surface area contributed by atoms with E-state index >= 15 is 0 Å². The lowest BCUT2D eigenvalue weighted by atomic mass is 10.1. The third kappa shape index (κ3) is 4.76. The van der Waals surface area contributed by atoms with Crippen LogP contribution in [0.4, 0.5) is 11.4 Å². The van der Waals surface area contributed by atoms with Crippen molar-refractivity contribution in [3.05, 3.63) is 83.8 Å². The molecular weight excluding hydrogens is 342 g/mol. The zero-order valence-corrected chi connectivity index (χ0v) is 15.2. The van der Waals surface area contributed by atoms with Crippen molar-refractivity contribution in [2.75, 3.05) is 24.3 Å². The Morgan fingerprint density at radius 3 is 2.41 bits per heavy atom. The summed E-state index contributed by atoms with van der Waals surface area (Å²) in [5.41, 5.74) is 3.15. The maximum Gasteiger partial charge on any atom is 0.291 e. The predicted octanol–water partition coefficient (Wildman–Crippen LogP) is 3.53. The standard InChI is InChI=1S/C21H21N3O3/c1-24(2)18-10-8-16(9-11-18)20(25)22-14-15-5-3-6-17(13-15)23-21(26)19-7-4-12-27-19/h3-13H,14H2,1-2H3,(H,22,25)(H,23,26). The van der Waals surface area contributed by atoms with Crippen molar-refractivity contribution < 1.29 is 14.0 Å². The third-order valence-corrected chi connectivity index (χ3v) is 4.03. The summed E-state index contributed by atoms with van der Waals surface area (Å²) >= 11 is 0. The molecular formula is C21H21N3O3. The van der Waals surface area contributed by atoms with Gasteiger partial charge in [0.2, 0.25) is 0 Å². The van der Waals surface area contributed by atoms with Gasteiger partial charge in [-0.25, -0.2) is 0 Å². The Balaban J connectivity index is 1.59. The van der Waals surface area contributed by atoms with Gasteiger partial charge in [-0.2, -0.15) is 0 Å². The molecule has 0 aliphatic carbocycles. The van der Waals surface area contributed by atoms with Gasteiger partial charge in [0.15, 0.2) is 5.76 Å². The molecule has 0 aliphatic heterocycles. The molecule has 6 heteroatoms. The topological polar surface area (TPSA) is 74.6 Å². The van der Waals surface area contributed by atoms with Crippen molar-refractivity contribution in [1.82, 2.24) is 5.32 Å². The molecule has 0 fully saturated rings. The van der Waals surface area contributed by atoms with Crippen LogP contribution in [0.2, 0.25) is 0 Å². The van der Waals surface area contributed by atoms with Crippen LogP contribution >= 0.6 is 0 Å². The highest BCUT2D eigenvalue weighted by Crippen LogP contribution is 2.14. The minimum Gasteiger partial charge on any atom is -0.459 e. The first kappa shape index (κ1) is 18.3. The highest BCUT2D eigenvalue weighted by Gasteiger charge is 2.09. The van der Waals surface area contributed by atoms with Gasteiger partial charge >= 0.3 is 0 Å². The summed E-state index contributed by atoms with van der Waals surface area (Å²) in [6.07, 6.45) is 1.45. The number of nitrogens with zero attached hydrogens (tertiary/aromatic N) is 1. The molecule has 2 aromatic carbocycles. The molecule has 3 rings (SSSR count). The number of amides is 2. The summed E-state index contributed by atoms with van der Waals surface area (Å²) in [6.45, 7) is 0.360. The Labute approximate surface area is 157 Å². The highest BCUT2D eigenvalue weighted by atomic mass is 16.3. The van der Waals surface area contributed by atoms with Gasteiger partial charge in [-0.3, -0.25) is 9.59 Å². The number of hydrogen-bond donors (Lipinski definition) is 2. The number of nitrogens with one attached hydrogen (secondary N) is 2. The van der Waals surface area contributed by atoms with Crippen molar-refractivity contribution in [2.45, 2.75) is 6.54 Å². The monoisotopic (exact) mass is 363 g/mol. The van der Waals surface area contributed by atoms with Gasteiger partial charge in [0, 0.05) is 37.6 Å². The second-order valence-electron chi connectivity index (χ2n) is 6.26. The van der Waals surface area contributed by atoms with Crippen LogP contribution in [0.1, 0.15) is 26.5 Å². The van der Waals surface area contributed by atoms with Gasteiger partial charge in [0.05, 0.1) is 6.26 Å². The van der Waals surface area contributed by atoms with Gasteiger partial charge < -0.3 is 20.0 Å². The molecule has 0 radical (unpaired) electrons. The van der Waals surface area contributed by atoms with Crippen LogP contribution in [-0.2, 0) is 6.54 Å². The summed E-state index contributed by atoms with van der Waals surface area (Å²) in [7, 11) is 3.90. The fourth-order valence-electron chi connectivity index (χ4n) is 2.55. The molecule has 138 valence electrons. The van der Waals surface area contributed by atoms with Crippen molar-refractivity contribution >= 4 is 23.2 Å². The number of carbonyl (C=O) groups excluding carboxylic acids is 2. The molecule has 0 bridgehead atoms. The molecule has 3 aromatic rings. The molecule has 2 N–H and O–H groups in total. The zero-order valence-electron chi connectivity index (χ0n) is 15.2. The van der Waals surface area contributed by atoms with E-state index in [0.29, 0.717) is 17.8 Å². The van der Waals surface area contributed by atoms with E-state index in [0.717, 1.165) is 11.3 Å². The maximum atomic E-state index is 12.3. The van der Waals surface area contributed by atoms with E-state index in [1.807, 2.05) is 49.3 Å². The summed E-state index contributed by atoms with van der Waals surface area (Å²) in [4.78, 5) is 26.3. The highest BCUT2D eigenvalue weighted by molar-refractivity contribution is 6.02. The van der Waals surface area contributed by atoms with E-state index in [9.17, 15) is 9.59 Å². The molecule has 1 aromatic heterocycles. The molecule has 2 amide bonds. The SMILES string of the molecule is CN(C)c1ccc(C(=O)NCc2cccc(NC(=O)c3ccco3)c2)cc1. The fraction of sp³-hybridized carbons (Fsp3) is 0.143. The quantitative estimate of drug-likeness (QED) is 0.703. The second-order valence-corrected chi connectivity index (χ2v) is 6.26. The van der Waals surface area contributed by atoms with Gasteiger partial charge in [0.1, 0.15) is 0 Å². The van der Waals surface area contributed by atoms with Crippen LogP contribution < -0.4 is 15.5 Å². The van der Waals surface area contributed by atoms with Gasteiger partial charge in [-0.15, -0.1) is 0 Å². The van der Waals surface area contributed by atoms with Crippen LogP contribution in [0, 0.1) is 0 Å². The minimum atomic E-state index is -0.317. The lowest BCUT2D eigenvalue weighted by molar-refractivity contribution is 0.0949. The van der Waals surface area contributed by atoms with Gasteiger partial charge in [0.25, 0.3) is 11.8 Å². The Morgan fingerprint density at radius 2 is 1.74 bits per heavy atom. The summed E-state index contributed by atoms with van der Waals surface area (Å²) in [5, 5.41) is 5.66. The van der Waals surface area contributed by atoms with E-state index in [-0.39, 0.29) is 17.6 Å². The Morgan fingerprint density at radius 1 is 0.963 bits per heavy atom. The molecule has 0 saturated carbocycles. The van der Waals surface area contributed by atoms with Gasteiger partial charge in [-0.1, -0.05) is 12.1 Å². The number of carbonyl (C=O) groups is 2. The molecule has 1 heterocycles. The van der Waals surface area contributed by atoms with E-state index < -0.39 is 0 Å². The molecule has 0 aliphatic rings. The molecule has 27 heavy (non-hydrogen) atoms. The first-order valence-electron chi connectivity index (χ1n) is 8.52. The fourth-order valence-corrected chi connectivity index (χ4v) is 2.55. The molecule has 0 spiro atoms. The summed E-state index contributed by atoms with van der Waals surface area (Å²) in [5.74, 6) is -0.220. The lowest BCUT2D eigenvalue weighted by Crippen LogP contribution is -2.23. The number of anilines is 2. The predicted molar refractivity (Wildman–Crippen MR) is 105 cm³/mol. The van der Waals surface area contributed by atoms with Crippen LogP contribution in [0.15, 0.2) is 71.3 Å². The van der Waals surface area contributed by atoms with E-state index in [1.54, 1.807) is 30.3 Å². The third-order valence-electron chi connectivity index (χ3n) is 4.03. The molecule has 0 atom stereocenters. The Bertz CT molecular complexity index is 916. The van der Waals surface area contributed by atoms with Gasteiger partial charge in [-0.05, 0) is 54.1 Å². The summed E-state index contributed by atoms with van der Waals surface area (Å²) < 4.78 is 5.08. The van der Waals surface area contributed by atoms with Crippen LogP contribution in [0.25, 0.3) is 0 Å². The average molecular weight is 363 g/mol. The van der Waals surface area contributed by atoms with E-state index in [4.69, 9.17) is 4.42 Å². The molecule has 0 unspecified atom stereocenters. The van der Waals surface area contributed by atoms with E-state index in [2.05, 4.69) is 10.6 Å². The van der Waals surface area contributed by atoms with E-state index in [1.165, 1.54) is 6.26 Å². The van der Waals surface area contributed by atoms with Crippen molar-refractivity contribution in [1.29, 1.82) is 0 Å².